The SMILES string of the molecule is CCNC(CC(C)(C)OC)c1ccccc1OC(F)(F)F. The summed E-state index contributed by atoms with van der Waals surface area (Å²) in [5.74, 6) is -0.178. The van der Waals surface area contributed by atoms with E-state index >= 15 is 0 Å². The number of hydrogen-bond donors (Lipinski definition) is 1. The number of ether oxygens (including phenoxy) is 2. The fourth-order valence-corrected chi connectivity index (χ4v) is 2.10. The van der Waals surface area contributed by atoms with E-state index in [2.05, 4.69) is 10.1 Å². The summed E-state index contributed by atoms with van der Waals surface area (Å²) in [6.07, 6.45) is -4.18. The Morgan fingerprint density at radius 1 is 1.19 bits per heavy atom. The molecule has 0 saturated heterocycles. The van der Waals surface area contributed by atoms with Gasteiger partial charge in [0.2, 0.25) is 0 Å². The highest BCUT2D eigenvalue weighted by Gasteiger charge is 2.33. The number of hydrogen-bond acceptors (Lipinski definition) is 3. The lowest BCUT2D eigenvalue weighted by molar-refractivity contribution is -0.275. The highest BCUT2D eigenvalue weighted by molar-refractivity contribution is 5.36. The molecule has 0 aliphatic heterocycles. The van der Waals surface area contributed by atoms with Crippen molar-refractivity contribution in [2.45, 2.75) is 45.2 Å². The fraction of sp³-hybridized carbons (Fsp3) is 0.600. The molecule has 0 fully saturated rings. The van der Waals surface area contributed by atoms with Gasteiger partial charge in [0.25, 0.3) is 0 Å². The van der Waals surface area contributed by atoms with Crippen LogP contribution in [-0.2, 0) is 4.74 Å². The van der Waals surface area contributed by atoms with Crippen LogP contribution in [0.2, 0.25) is 0 Å². The summed E-state index contributed by atoms with van der Waals surface area (Å²) in [4.78, 5) is 0. The van der Waals surface area contributed by atoms with Crippen molar-refractivity contribution in [2.24, 2.45) is 0 Å². The summed E-state index contributed by atoms with van der Waals surface area (Å²) in [6.45, 7) is 6.32. The van der Waals surface area contributed by atoms with Gasteiger partial charge in [-0.1, -0.05) is 25.1 Å². The van der Waals surface area contributed by atoms with Crippen LogP contribution in [0.3, 0.4) is 0 Å². The average molecular weight is 305 g/mol. The molecule has 1 rings (SSSR count). The van der Waals surface area contributed by atoms with Gasteiger partial charge in [-0.3, -0.25) is 0 Å². The zero-order valence-corrected chi connectivity index (χ0v) is 12.8. The van der Waals surface area contributed by atoms with E-state index in [1.54, 1.807) is 19.2 Å². The van der Waals surface area contributed by atoms with Crippen LogP contribution in [0.25, 0.3) is 0 Å². The van der Waals surface area contributed by atoms with E-state index in [1.807, 2.05) is 20.8 Å². The molecule has 21 heavy (non-hydrogen) atoms. The van der Waals surface area contributed by atoms with Crippen molar-refractivity contribution in [3.63, 3.8) is 0 Å². The first-order valence-corrected chi connectivity index (χ1v) is 6.81. The fourth-order valence-electron chi connectivity index (χ4n) is 2.10. The molecular formula is C15H22F3NO2. The molecule has 3 nitrogen and oxygen atoms in total. The Hall–Kier alpha value is -1.27. The molecule has 1 aromatic carbocycles. The third kappa shape index (κ3) is 5.93. The number of alkyl halides is 3. The topological polar surface area (TPSA) is 30.5 Å². The molecule has 120 valence electrons. The lowest BCUT2D eigenvalue weighted by Gasteiger charge is -2.30. The summed E-state index contributed by atoms with van der Waals surface area (Å²) in [7, 11) is 1.58. The third-order valence-corrected chi connectivity index (χ3v) is 3.22. The Labute approximate surface area is 123 Å². The first-order chi connectivity index (χ1) is 9.68. The molecule has 6 heteroatoms. The van der Waals surface area contributed by atoms with Gasteiger partial charge in [-0.15, -0.1) is 13.2 Å². The number of rotatable bonds is 7. The normalized spacial score (nSPS) is 14.0. The molecule has 1 aromatic rings. The van der Waals surface area contributed by atoms with Crippen molar-refractivity contribution < 1.29 is 22.6 Å². The van der Waals surface area contributed by atoms with Gasteiger partial charge < -0.3 is 14.8 Å². The lowest BCUT2D eigenvalue weighted by Crippen LogP contribution is -2.32. The summed E-state index contributed by atoms with van der Waals surface area (Å²) in [5, 5.41) is 3.19. The third-order valence-electron chi connectivity index (χ3n) is 3.22. The Kier molecular flexibility index (Phi) is 6.04. The number of benzene rings is 1. The van der Waals surface area contributed by atoms with E-state index in [-0.39, 0.29) is 11.8 Å². The van der Waals surface area contributed by atoms with Gasteiger partial charge in [-0.2, -0.15) is 0 Å². The van der Waals surface area contributed by atoms with E-state index in [1.165, 1.54) is 12.1 Å². The maximum Gasteiger partial charge on any atom is 0.573 e. The Balaban J connectivity index is 3.07. The molecule has 0 amide bonds. The highest BCUT2D eigenvalue weighted by Crippen LogP contribution is 2.34. The van der Waals surface area contributed by atoms with Crippen molar-refractivity contribution in [1.82, 2.24) is 5.32 Å². The van der Waals surface area contributed by atoms with Crippen LogP contribution in [0.1, 0.15) is 38.8 Å². The quantitative estimate of drug-likeness (QED) is 0.824. The summed E-state index contributed by atoms with van der Waals surface area (Å²) in [6, 6.07) is 5.90. The number of para-hydroxylation sites is 1. The predicted octanol–water partition coefficient (Wildman–Crippen LogP) is 4.05. The lowest BCUT2D eigenvalue weighted by atomic mass is 9.93. The first kappa shape index (κ1) is 17.8. The largest absolute Gasteiger partial charge is 0.573 e. The van der Waals surface area contributed by atoms with Crippen LogP contribution in [-0.4, -0.2) is 25.6 Å². The van der Waals surface area contributed by atoms with Gasteiger partial charge in [-0.25, -0.2) is 0 Å². The molecule has 0 heterocycles. The van der Waals surface area contributed by atoms with Crippen molar-refractivity contribution >= 4 is 0 Å². The number of methoxy groups -OCH3 is 1. The summed E-state index contributed by atoms with van der Waals surface area (Å²) >= 11 is 0. The van der Waals surface area contributed by atoms with Crippen molar-refractivity contribution in [1.29, 1.82) is 0 Å². The smallest absolute Gasteiger partial charge is 0.405 e. The zero-order valence-electron chi connectivity index (χ0n) is 12.8. The van der Waals surface area contributed by atoms with Crippen LogP contribution >= 0.6 is 0 Å². The summed E-state index contributed by atoms with van der Waals surface area (Å²) in [5.41, 5.74) is 0.0138. The molecule has 1 N–H and O–H groups in total. The Morgan fingerprint density at radius 3 is 2.33 bits per heavy atom. The Morgan fingerprint density at radius 2 is 1.81 bits per heavy atom. The molecular weight excluding hydrogens is 283 g/mol. The summed E-state index contributed by atoms with van der Waals surface area (Å²) < 4.78 is 47.0. The average Bonchev–Trinajstić information content (AvgIpc) is 2.37. The second-order valence-electron chi connectivity index (χ2n) is 5.36. The molecule has 0 saturated carbocycles. The maximum atomic E-state index is 12.5. The van der Waals surface area contributed by atoms with Gasteiger partial charge in [0.1, 0.15) is 5.75 Å². The van der Waals surface area contributed by atoms with Crippen molar-refractivity contribution in [3.05, 3.63) is 29.8 Å². The zero-order chi connectivity index (χ0) is 16.1. The molecule has 0 radical (unpaired) electrons. The van der Waals surface area contributed by atoms with E-state index in [0.29, 0.717) is 18.5 Å². The van der Waals surface area contributed by atoms with Crippen LogP contribution < -0.4 is 10.1 Å². The second-order valence-corrected chi connectivity index (χ2v) is 5.36. The maximum absolute atomic E-state index is 12.5. The molecule has 0 bridgehead atoms. The highest BCUT2D eigenvalue weighted by atomic mass is 19.4. The minimum Gasteiger partial charge on any atom is -0.405 e. The molecule has 0 aromatic heterocycles. The number of halogens is 3. The van der Waals surface area contributed by atoms with Gasteiger partial charge in [0.05, 0.1) is 5.60 Å². The Bertz CT molecular complexity index is 447. The standard InChI is InChI=1S/C15H22F3NO2/c1-5-19-12(10-14(2,3)20-4)11-8-6-7-9-13(11)21-15(16,17)18/h6-9,12,19H,5,10H2,1-4H3. The minimum atomic E-state index is -4.70. The van der Waals surface area contributed by atoms with Gasteiger partial charge in [0.15, 0.2) is 0 Å². The van der Waals surface area contributed by atoms with E-state index in [4.69, 9.17) is 4.74 Å². The first-order valence-electron chi connectivity index (χ1n) is 6.81. The number of nitrogens with one attached hydrogen (secondary N) is 1. The second kappa shape index (κ2) is 7.13. The van der Waals surface area contributed by atoms with Crippen LogP contribution in [0.5, 0.6) is 5.75 Å². The monoisotopic (exact) mass is 305 g/mol. The molecule has 0 aliphatic rings. The van der Waals surface area contributed by atoms with E-state index < -0.39 is 12.0 Å². The molecule has 0 aliphatic carbocycles. The van der Waals surface area contributed by atoms with Crippen LogP contribution in [0, 0.1) is 0 Å². The molecule has 0 spiro atoms. The van der Waals surface area contributed by atoms with Crippen LogP contribution in [0.15, 0.2) is 24.3 Å². The molecule has 1 unspecified atom stereocenters. The van der Waals surface area contributed by atoms with Gasteiger partial charge >= 0.3 is 6.36 Å². The van der Waals surface area contributed by atoms with E-state index in [0.717, 1.165) is 0 Å². The van der Waals surface area contributed by atoms with Gasteiger partial charge in [0, 0.05) is 18.7 Å². The van der Waals surface area contributed by atoms with E-state index in [9.17, 15) is 13.2 Å². The van der Waals surface area contributed by atoms with Crippen molar-refractivity contribution in [3.8, 4) is 5.75 Å². The predicted molar refractivity (Wildman–Crippen MR) is 75.2 cm³/mol. The minimum absolute atomic E-state index is 0.178. The van der Waals surface area contributed by atoms with Crippen LogP contribution in [0.4, 0.5) is 13.2 Å². The van der Waals surface area contributed by atoms with Gasteiger partial charge in [-0.05, 0) is 32.9 Å². The molecule has 1 atom stereocenters. The van der Waals surface area contributed by atoms with Crippen molar-refractivity contribution in [2.75, 3.05) is 13.7 Å².